The Morgan fingerprint density at radius 2 is 1.86 bits per heavy atom. The lowest BCUT2D eigenvalue weighted by Crippen LogP contribution is -2.46. The summed E-state index contributed by atoms with van der Waals surface area (Å²) in [7, 11) is 1.21. The first-order valence-electron chi connectivity index (χ1n) is 11.8. The van der Waals surface area contributed by atoms with E-state index in [0.717, 1.165) is 19.0 Å². The lowest BCUT2D eigenvalue weighted by Gasteiger charge is -2.27. The minimum atomic E-state index is -4.56. The molecule has 2 fully saturated rings. The number of carbonyl (C=O) groups excluding carboxylic acids is 1. The van der Waals surface area contributed by atoms with Crippen LogP contribution in [0.5, 0.6) is 5.75 Å². The smallest absolute Gasteiger partial charge is 0.419 e. The second-order valence-electron chi connectivity index (χ2n) is 9.28. The van der Waals surface area contributed by atoms with Crippen molar-refractivity contribution in [1.29, 1.82) is 0 Å². The molecule has 2 aromatic heterocycles. The van der Waals surface area contributed by atoms with E-state index < -0.39 is 11.7 Å². The topological polar surface area (TPSA) is 80.2 Å². The normalized spacial score (nSPS) is 19.0. The van der Waals surface area contributed by atoms with E-state index in [9.17, 15) is 18.0 Å². The first-order chi connectivity index (χ1) is 17.8. The van der Waals surface area contributed by atoms with Crippen molar-refractivity contribution in [2.45, 2.75) is 24.7 Å². The van der Waals surface area contributed by atoms with Crippen LogP contribution in [0.3, 0.4) is 0 Å². The molecule has 1 N–H and O–H groups in total. The molecule has 2 bridgehead atoms. The van der Waals surface area contributed by atoms with E-state index >= 15 is 0 Å². The van der Waals surface area contributed by atoms with Gasteiger partial charge in [0.05, 0.1) is 29.4 Å². The molecule has 4 heterocycles. The van der Waals surface area contributed by atoms with Crippen molar-refractivity contribution in [3.05, 3.63) is 72.3 Å². The molecule has 0 aliphatic carbocycles. The molecule has 1 amide bonds. The molecule has 7 nitrogen and oxygen atoms in total. The molecular formula is C27H22F3N5O2. The highest BCUT2D eigenvalue weighted by Crippen LogP contribution is 2.39. The second-order valence-corrected chi connectivity index (χ2v) is 9.28. The zero-order valence-corrected chi connectivity index (χ0v) is 19.8. The van der Waals surface area contributed by atoms with Gasteiger partial charge in [0, 0.05) is 48.5 Å². The largest absolute Gasteiger partial charge is 0.496 e. The molecule has 10 heteroatoms. The zero-order valence-electron chi connectivity index (χ0n) is 19.8. The Labute approximate surface area is 210 Å². The first-order valence-corrected chi connectivity index (χ1v) is 11.8. The summed E-state index contributed by atoms with van der Waals surface area (Å²) in [6.45, 7) is 1.47. The van der Waals surface area contributed by atoms with Gasteiger partial charge in [0.25, 0.3) is 5.91 Å². The fourth-order valence-electron chi connectivity index (χ4n) is 5.24. The van der Waals surface area contributed by atoms with Gasteiger partial charge in [0.15, 0.2) is 0 Å². The van der Waals surface area contributed by atoms with Gasteiger partial charge in [-0.05, 0) is 47.9 Å². The summed E-state index contributed by atoms with van der Waals surface area (Å²) in [5.41, 5.74) is 2.36. The highest BCUT2D eigenvalue weighted by Gasteiger charge is 2.40. The lowest BCUT2D eigenvalue weighted by molar-refractivity contribution is -0.138. The van der Waals surface area contributed by atoms with Crippen molar-refractivity contribution in [3.63, 3.8) is 0 Å². The molecule has 0 radical (unpaired) electrons. The van der Waals surface area contributed by atoms with E-state index in [1.807, 2.05) is 4.90 Å². The standard InChI is InChI=1S/C27H22F3N5O2/c1-37-24-5-3-16(8-22(24)27(28,29)30)15-2-4-23-21(7-15)25(34-14-33-23)17-6-18(11-31-10-17)26(36)35-13-19-9-20(35)12-32-19/h2-8,10-11,14,19-20,32H,9,12-13H2,1H3/t19-,20-/m0/s1. The van der Waals surface area contributed by atoms with E-state index in [0.29, 0.717) is 51.4 Å². The van der Waals surface area contributed by atoms with Crippen molar-refractivity contribution < 1.29 is 22.7 Å². The maximum atomic E-state index is 13.6. The number of hydrogen-bond acceptors (Lipinski definition) is 6. The van der Waals surface area contributed by atoms with Crippen molar-refractivity contribution in [3.8, 4) is 28.1 Å². The van der Waals surface area contributed by atoms with Crippen LogP contribution in [0.1, 0.15) is 22.3 Å². The predicted molar refractivity (Wildman–Crippen MR) is 131 cm³/mol. The summed E-state index contributed by atoms with van der Waals surface area (Å²) in [5, 5.41) is 4.03. The van der Waals surface area contributed by atoms with Crippen molar-refractivity contribution in [1.82, 2.24) is 25.2 Å². The number of likely N-dealkylation sites (tertiary alicyclic amines) is 1. The third-order valence-electron chi connectivity index (χ3n) is 7.05. The Morgan fingerprint density at radius 1 is 1.05 bits per heavy atom. The summed E-state index contributed by atoms with van der Waals surface area (Å²) < 4.78 is 45.7. The molecule has 2 atom stereocenters. The van der Waals surface area contributed by atoms with Crippen LogP contribution in [0.2, 0.25) is 0 Å². The number of ether oxygens (including phenoxy) is 1. The van der Waals surface area contributed by atoms with Crippen LogP contribution >= 0.6 is 0 Å². The summed E-state index contributed by atoms with van der Waals surface area (Å²) in [6, 6.07) is 11.5. The van der Waals surface area contributed by atoms with Crippen molar-refractivity contribution >= 4 is 16.8 Å². The predicted octanol–water partition coefficient (Wildman–Crippen LogP) is 4.57. The average molecular weight is 506 g/mol. The Kier molecular flexibility index (Phi) is 5.56. The molecule has 4 aromatic rings. The van der Waals surface area contributed by atoms with Crippen LogP contribution in [0.25, 0.3) is 33.3 Å². The van der Waals surface area contributed by atoms with Gasteiger partial charge in [-0.15, -0.1) is 0 Å². The molecule has 2 aliphatic heterocycles. The Balaban J connectivity index is 1.40. The minimum absolute atomic E-state index is 0.0692. The van der Waals surface area contributed by atoms with Crippen LogP contribution in [-0.2, 0) is 6.18 Å². The summed E-state index contributed by atoms with van der Waals surface area (Å²) >= 11 is 0. The molecule has 6 rings (SSSR count). The number of methoxy groups -OCH3 is 1. The third kappa shape index (κ3) is 4.17. The van der Waals surface area contributed by atoms with E-state index in [4.69, 9.17) is 4.74 Å². The molecule has 2 saturated heterocycles. The second kappa shape index (κ2) is 8.81. The van der Waals surface area contributed by atoms with Gasteiger partial charge in [-0.25, -0.2) is 9.97 Å². The highest BCUT2D eigenvalue weighted by molar-refractivity contribution is 5.98. The monoisotopic (exact) mass is 505 g/mol. The zero-order chi connectivity index (χ0) is 25.7. The number of rotatable bonds is 4. The maximum Gasteiger partial charge on any atom is 0.419 e. The SMILES string of the molecule is COc1ccc(-c2ccc3ncnc(-c4cncc(C(=O)N5C[C@@H]6C[C@H]5CN6)c4)c3c2)cc1C(F)(F)F. The Hall–Kier alpha value is -4.05. The van der Waals surface area contributed by atoms with Crippen LogP contribution in [0.15, 0.2) is 61.2 Å². The van der Waals surface area contributed by atoms with Gasteiger partial charge in [-0.1, -0.05) is 12.1 Å². The van der Waals surface area contributed by atoms with Gasteiger partial charge >= 0.3 is 6.18 Å². The average Bonchev–Trinajstić information content (AvgIpc) is 3.55. The van der Waals surface area contributed by atoms with Crippen LogP contribution in [-0.4, -0.2) is 58.0 Å². The number of halogens is 3. The Bertz CT molecular complexity index is 1520. The summed E-state index contributed by atoms with van der Waals surface area (Å²) in [6.07, 6.45) is 0.996. The number of nitrogens with one attached hydrogen (secondary N) is 1. The van der Waals surface area contributed by atoms with E-state index in [1.165, 1.54) is 19.5 Å². The van der Waals surface area contributed by atoms with Gasteiger partial charge in [0.1, 0.15) is 12.1 Å². The summed E-state index contributed by atoms with van der Waals surface area (Å²) in [4.78, 5) is 28.2. The van der Waals surface area contributed by atoms with Gasteiger partial charge in [-0.2, -0.15) is 13.2 Å². The number of nitrogens with zero attached hydrogens (tertiary/aromatic N) is 4. The summed E-state index contributed by atoms with van der Waals surface area (Å²) in [5.74, 6) is -0.309. The molecule has 188 valence electrons. The van der Waals surface area contributed by atoms with Gasteiger partial charge in [0.2, 0.25) is 0 Å². The van der Waals surface area contributed by atoms with E-state index in [1.54, 1.807) is 42.7 Å². The molecule has 0 unspecified atom stereocenters. The number of aromatic nitrogens is 3. The quantitative estimate of drug-likeness (QED) is 0.438. The van der Waals surface area contributed by atoms with E-state index in [-0.39, 0.29) is 17.7 Å². The molecular weight excluding hydrogens is 483 g/mol. The molecule has 0 saturated carbocycles. The number of carbonyl (C=O) groups is 1. The van der Waals surface area contributed by atoms with Crippen LogP contribution < -0.4 is 10.1 Å². The number of fused-ring (bicyclic) bond motifs is 3. The molecule has 2 aromatic carbocycles. The first kappa shape index (κ1) is 23.4. The number of benzene rings is 2. The Morgan fingerprint density at radius 3 is 2.59 bits per heavy atom. The fourth-order valence-corrected chi connectivity index (χ4v) is 5.24. The number of pyridine rings is 1. The van der Waals surface area contributed by atoms with Crippen molar-refractivity contribution in [2.75, 3.05) is 20.2 Å². The van der Waals surface area contributed by atoms with E-state index in [2.05, 4.69) is 20.3 Å². The highest BCUT2D eigenvalue weighted by atomic mass is 19.4. The fraction of sp³-hybridized carbons (Fsp3) is 0.259. The molecule has 0 spiro atoms. The van der Waals surface area contributed by atoms with Gasteiger partial charge < -0.3 is 15.0 Å². The van der Waals surface area contributed by atoms with Crippen LogP contribution in [0.4, 0.5) is 13.2 Å². The molecule has 2 aliphatic rings. The number of amides is 1. The minimum Gasteiger partial charge on any atom is -0.496 e. The number of hydrogen-bond donors (Lipinski definition) is 1. The van der Waals surface area contributed by atoms with Crippen LogP contribution in [0, 0.1) is 0 Å². The number of piperazine rings is 1. The lowest BCUT2D eigenvalue weighted by atomic mass is 9.98. The maximum absolute atomic E-state index is 13.6. The molecule has 37 heavy (non-hydrogen) atoms. The number of alkyl halides is 3. The van der Waals surface area contributed by atoms with Gasteiger partial charge in [-0.3, -0.25) is 9.78 Å². The van der Waals surface area contributed by atoms with Crippen molar-refractivity contribution in [2.24, 2.45) is 0 Å². The third-order valence-corrected chi connectivity index (χ3v) is 7.05.